The SMILES string of the molecule is N#Cc1nccc(NCCc2ccncc2)n1. The lowest BCUT2D eigenvalue weighted by molar-refractivity contribution is 0.989. The van der Waals surface area contributed by atoms with Gasteiger partial charge in [-0.2, -0.15) is 5.26 Å². The van der Waals surface area contributed by atoms with Crippen LogP contribution >= 0.6 is 0 Å². The third-order valence-electron chi connectivity index (χ3n) is 2.22. The van der Waals surface area contributed by atoms with Gasteiger partial charge in [-0.25, -0.2) is 9.97 Å². The molecule has 2 aromatic rings. The van der Waals surface area contributed by atoms with Crippen molar-refractivity contribution in [1.29, 1.82) is 5.26 Å². The number of pyridine rings is 1. The Hall–Kier alpha value is -2.48. The van der Waals surface area contributed by atoms with Crippen LogP contribution in [0.3, 0.4) is 0 Å². The average Bonchev–Trinajstić information content (AvgIpc) is 2.40. The van der Waals surface area contributed by atoms with Gasteiger partial charge in [0.1, 0.15) is 11.9 Å². The van der Waals surface area contributed by atoms with Gasteiger partial charge in [0.05, 0.1) is 0 Å². The number of anilines is 1. The first-order valence-corrected chi connectivity index (χ1v) is 5.24. The second-order valence-corrected chi connectivity index (χ2v) is 3.41. The molecule has 0 spiro atoms. The molecule has 0 aliphatic rings. The van der Waals surface area contributed by atoms with Crippen LogP contribution in [0.5, 0.6) is 0 Å². The van der Waals surface area contributed by atoms with Gasteiger partial charge in [0.2, 0.25) is 5.82 Å². The van der Waals surface area contributed by atoms with Gasteiger partial charge in [0.15, 0.2) is 0 Å². The molecule has 1 N–H and O–H groups in total. The van der Waals surface area contributed by atoms with E-state index < -0.39 is 0 Å². The van der Waals surface area contributed by atoms with Crippen molar-refractivity contribution in [2.75, 3.05) is 11.9 Å². The van der Waals surface area contributed by atoms with Gasteiger partial charge in [-0.15, -0.1) is 0 Å². The standard InChI is InChI=1S/C12H11N5/c13-9-12-16-8-4-11(17-12)15-7-3-10-1-5-14-6-2-10/h1-2,4-6,8H,3,7H2,(H,15,16,17). The van der Waals surface area contributed by atoms with Gasteiger partial charge in [0.25, 0.3) is 0 Å². The number of nitriles is 1. The highest BCUT2D eigenvalue weighted by molar-refractivity contribution is 5.35. The first-order chi connectivity index (χ1) is 8.38. The molecule has 84 valence electrons. The minimum atomic E-state index is 0.180. The minimum absolute atomic E-state index is 0.180. The maximum absolute atomic E-state index is 8.66. The lowest BCUT2D eigenvalue weighted by Crippen LogP contribution is -2.07. The highest BCUT2D eigenvalue weighted by Crippen LogP contribution is 2.02. The van der Waals surface area contributed by atoms with Crippen molar-refractivity contribution in [3.8, 4) is 6.07 Å². The summed E-state index contributed by atoms with van der Waals surface area (Å²) in [6.07, 6.45) is 6.00. The van der Waals surface area contributed by atoms with E-state index in [1.807, 2.05) is 18.2 Å². The topological polar surface area (TPSA) is 74.5 Å². The van der Waals surface area contributed by atoms with Gasteiger partial charge in [-0.1, -0.05) is 0 Å². The van der Waals surface area contributed by atoms with E-state index in [0.717, 1.165) is 13.0 Å². The van der Waals surface area contributed by atoms with E-state index in [2.05, 4.69) is 20.3 Å². The number of hydrogen-bond donors (Lipinski definition) is 1. The Morgan fingerprint density at radius 2 is 2.00 bits per heavy atom. The van der Waals surface area contributed by atoms with Crippen LogP contribution in [0, 0.1) is 11.3 Å². The van der Waals surface area contributed by atoms with E-state index in [0.29, 0.717) is 5.82 Å². The Bertz CT molecular complexity index is 518. The molecule has 5 nitrogen and oxygen atoms in total. The lowest BCUT2D eigenvalue weighted by Gasteiger charge is -2.04. The summed E-state index contributed by atoms with van der Waals surface area (Å²) >= 11 is 0. The highest BCUT2D eigenvalue weighted by Gasteiger charge is 1.97. The summed E-state index contributed by atoms with van der Waals surface area (Å²) in [5.41, 5.74) is 1.21. The second kappa shape index (κ2) is 5.56. The molecule has 0 fully saturated rings. The molecule has 2 rings (SSSR count). The molecule has 17 heavy (non-hydrogen) atoms. The third kappa shape index (κ3) is 3.24. The Morgan fingerprint density at radius 3 is 2.76 bits per heavy atom. The molecule has 0 radical (unpaired) electrons. The summed E-state index contributed by atoms with van der Waals surface area (Å²) in [6.45, 7) is 0.756. The fraction of sp³-hybridized carbons (Fsp3) is 0.167. The quantitative estimate of drug-likeness (QED) is 0.851. The molecular weight excluding hydrogens is 214 g/mol. The van der Waals surface area contributed by atoms with Crippen LogP contribution in [-0.4, -0.2) is 21.5 Å². The summed E-state index contributed by atoms with van der Waals surface area (Å²) in [4.78, 5) is 11.8. The molecular formula is C12H11N5. The van der Waals surface area contributed by atoms with E-state index in [1.54, 1.807) is 24.7 Å². The predicted molar refractivity (Wildman–Crippen MR) is 63.2 cm³/mol. The van der Waals surface area contributed by atoms with Gasteiger partial charge < -0.3 is 5.32 Å². The molecule has 0 aromatic carbocycles. The highest BCUT2D eigenvalue weighted by atomic mass is 15.0. The smallest absolute Gasteiger partial charge is 0.234 e. The summed E-state index contributed by atoms with van der Waals surface area (Å²) in [6, 6.07) is 7.60. The molecule has 0 saturated carbocycles. The number of nitrogens with zero attached hydrogens (tertiary/aromatic N) is 4. The first kappa shape index (κ1) is 11.0. The molecule has 2 aromatic heterocycles. The fourth-order valence-corrected chi connectivity index (χ4v) is 1.40. The lowest BCUT2D eigenvalue weighted by atomic mass is 10.2. The summed E-state index contributed by atoms with van der Waals surface area (Å²) in [5.74, 6) is 0.851. The van der Waals surface area contributed by atoms with Crippen molar-refractivity contribution >= 4 is 5.82 Å². The number of hydrogen-bond acceptors (Lipinski definition) is 5. The number of rotatable bonds is 4. The Morgan fingerprint density at radius 1 is 1.18 bits per heavy atom. The van der Waals surface area contributed by atoms with Crippen molar-refractivity contribution in [2.24, 2.45) is 0 Å². The first-order valence-electron chi connectivity index (χ1n) is 5.24. The maximum Gasteiger partial charge on any atom is 0.234 e. The largest absolute Gasteiger partial charge is 0.370 e. The van der Waals surface area contributed by atoms with Gasteiger partial charge in [0, 0.05) is 25.1 Å². The van der Waals surface area contributed by atoms with E-state index >= 15 is 0 Å². The second-order valence-electron chi connectivity index (χ2n) is 3.41. The molecule has 2 heterocycles. The number of aromatic nitrogens is 3. The Labute approximate surface area is 99.2 Å². The van der Waals surface area contributed by atoms with E-state index in [9.17, 15) is 0 Å². The van der Waals surface area contributed by atoms with Crippen LogP contribution in [-0.2, 0) is 6.42 Å². The maximum atomic E-state index is 8.66. The van der Waals surface area contributed by atoms with Gasteiger partial charge >= 0.3 is 0 Å². The normalized spacial score (nSPS) is 9.59. The van der Waals surface area contributed by atoms with Crippen LogP contribution in [0.15, 0.2) is 36.8 Å². The molecule has 0 aliphatic carbocycles. The predicted octanol–water partition coefficient (Wildman–Crippen LogP) is 1.40. The Kier molecular flexibility index (Phi) is 3.61. The monoisotopic (exact) mass is 225 g/mol. The van der Waals surface area contributed by atoms with Crippen molar-refractivity contribution in [1.82, 2.24) is 15.0 Å². The van der Waals surface area contributed by atoms with Crippen molar-refractivity contribution in [3.63, 3.8) is 0 Å². The molecule has 0 atom stereocenters. The molecule has 0 saturated heterocycles. The summed E-state index contributed by atoms with van der Waals surface area (Å²) in [7, 11) is 0. The van der Waals surface area contributed by atoms with Crippen molar-refractivity contribution < 1.29 is 0 Å². The average molecular weight is 225 g/mol. The van der Waals surface area contributed by atoms with Crippen LogP contribution in [0.4, 0.5) is 5.82 Å². The van der Waals surface area contributed by atoms with Gasteiger partial charge in [-0.3, -0.25) is 4.98 Å². The molecule has 0 bridgehead atoms. The molecule has 0 aliphatic heterocycles. The zero-order chi connectivity index (χ0) is 11.9. The molecule has 5 heteroatoms. The molecule has 0 unspecified atom stereocenters. The molecule has 0 amide bonds. The van der Waals surface area contributed by atoms with Crippen molar-refractivity contribution in [2.45, 2.75) is 6.42 Å². The zero-order valence-corrected chi connectivity index (χ0v) is 9.17. The minimum Gasteiger partial charge on any atom is -0.370 e. The van der Waals surface area contributed by atoms with Crippen LogP contribution in [0.25, 0.3) is 0 Å². The van der Waals surface area contributed by atoms with E-state index in [4.69, 9.17) is 5.26 Å². The van der Waals surface area contributed by atoms with E-state index in [-0.39, 0.29) is 5.82 Å². The number of nitrogens with one attached hydrogen (secondary N) is 1. The van der Waals surface area contributed by atoms with Gasteiger partial charge in [-0.05, 0) is 30.2 Å². The fourth-order valence-electron chi connectivity index (χ4n) is 1.40. The summed E-state index contributed by atoms with van der Waals surface area (Å²) in [5, 5.41) is 11.8. The van der Waals surface area contributed by atoms with E-state index in [1.165, 1.54) is 5.56 Å². The zero-order valence-electron chi connectivity index (χ0n) is 9.17. The Balaban J connectivity index is 1.88. The van der Waals surface area contributed by atoms with Crippen LogP contribution < -0.4 is 5.32 Å². The third-order valence-corrected chi connectivity index (χ3v) is 2.22. The van der Waals surface area contributed by atoms with Crippen molar-refractivity contribution in [3.05, 3.63) is 48.2 Å². The summed E-state index contributed by atoms with van der Waals surface area (Å²) < 4.78 is 0. The van der Waals surface area contributed by atoms with Crippen LogP contribution in [0.2, 0.25) is 0 Å². The van der Waals surface area contributed by atoms with Crippen LogP contribution in [0.1, 0.15) is 11.4 Å².